The number of para-hydroxylation sites is 1. The summed E-state index contributed by atoms with van der Waals surface area (Å²) in [6, 6.07) is 17.1. The van der Waals surface area contributed by atoms with E-state index in [1.165, 1.54) is 10.9 Å². The molecule has 0 radical (unpaired) electrons. The Morgan fingerprint density at radius 1 is 1.07 bits per heavy atom. The first-order valence-electron chi connectivity index (χ1n) is 9.15. The summed E-state index contributed by atoms with van der Waals surface area (Å²) in [5.41, 5.74) is 7.24. The van der Waals surface area contributed by atoms with Crippen molar-refractivity contribution in [1.82, 2.24) is 14.5 Å². The highest BCUT2D eigenvalue weighted by atomic mass is 35.5. The number of halogens is 1. The van der Waals surface area contributed by atoms with E-state index in [0.717, 1.165) is 12.0 Å². The topological polar surface area (TPSA) is 81.2 Å². The number of hydrogen-bond acceptors (Lipinski definition) is 4. The van der Waals surface area contributed by atoms with Crippen molar-refractivity contribution in [2.45, 2.75) is 25.9 Å². The third kappa shape index (κ3) is 5.41. The number of aromatic nitrogens is 2. The molecule has 1 amide bonds. The average Bonchev–Trinajstić information content (AvgIpc) is 2.71. The maximum Gasteiger partial charge on any atom is 0.261 e. The molecule has 1 aromatic heterocycles. The van der Waals surface area contributed by atoms with Gasteiger partial charge in [0.15, 0.2) is 0 Å². The zero-order valence-corrected chi connectivity index (χ0v) is 16.5. The highest BCUT2D eigenvalue weighted by Crippen LogP contribution is 2.08. The monoisotopic (exact) mass is 400 g/mol. The van der Waals surface area contributed by atoms with Gasteiger partial charge in [-0.1, -0.05) is 42.5 Å². The van der Waals surface area contributed by atoms with E-state index in [1.807, 2.05) is 47.4 Å². The molecule has 2 N–H and O–H groups in total. The van der Waals surface area contributed by atoms with Gasteiger partial charge in [0.2, 0.25) is 5.91 Å². The fourth-order valence-corrected chi connectivity index (χ4v) is 3.02. The Morgan fingerprint density at radius 3 is 2.54 bits per heavy atom. The summed E-state index contributed by atoms with van der Waals surface area (Å²) in [6.07, 6.45) is 2.51. The summed E-state index contributed by atoms with van der Waals surface area (Å²) in [5.74, 6) is 0.00682. The van der Waals surface area contributed by atoms with E-state index in [0.29, 0.717) is 37.1 Å². The van der Waals surface area contributed by atoms with Gasteiger partial charge in [0.05, 0.1) is 17.2 Å². The third-order valence-electron chi connectivity index (χ3n) is 4.50. The molecule has 0 fully saturated rings. The maximum atomic E-state index is 12.8. The van der Waals surface area contributed by atoms with Crippen molar-refractivity contribution in [1.29, 1.82) is 0 Å². The maximum absolute atomic E-state index is 12.8. The van der Waals surface area contributed by atoms with Gasteiger partial charge in [-0.05, 0) is 30.7 Å². The van der Waals surface area contributed by atoms with Crippen LogP contribution in [0.3, 0.4) is 0 Å². The number of hydrogen-bond donors (Lipinski definition) is 1. The minimum atomic E-state index is -0.120. The Labute approximate surface area is 170 Å². The predicted octanol–water partition coefficient (Wildman–Crippen LogP) is 2.59. The zero-order chi connectivity index (χ0) is 19.1. The van der Waals surface area contributed by atoms with Crippen molar-refractivity contribution >= 4 is 29.2 Å². The van der Waals surface area contributed by atoms with Crippen LogP contribution in [-0.2, 0) is 17.9 Å². The van der Waals surface area contributed by atoms with Crippen molar-refractivity contribution in [2.24, 2.45) is 5.73 Å². The Morgan fingerprint density at radius 2 is 1.79 bits per heavy atom. The first kappa shape index (κ1) is 21.6. The SMILES string of the molecule is Cl.NCCCN(Cc1ccccc1)C(=O)CCn1cnc2ccccc2c1=O. The van der Waals surface area contributed by atoms with Crippen molar-refractivity contribution in [3.63, 3.8) is 0 Å². The third-order valence-corrected chi connectivity index (χ3v) is 4.50. The normalized spacial score (nSPS) is 10.5. The van der Waals surface area contributed by atoms with Gasteiger partial charge in [-0.25, -0.2) is 4.98 Å². The lowest BCUT2D eigenvalue weighted by molar-refractivity contribution is -0.132. The molecule has 0 saturated carbocycles. The standard InChI is InChI=1S/C21H24N4O2.ClH/c22-12-6-13-24(15-17-7-2-1-3-8-17)20(26)11-14-25-16-23-19-10-5-4-9-18(19)21(25)27;/h1-5,7-10,16H,6,11-15,22H2;1H. The molecule has 148 valence electrons. The molecule has 0 bridgehead atoms. The molecule has 0 saturated heterocycles. The number of carbonyl (C=O) groups is 1. The summed E-state index contributed by atoms with van der Waals surface area (Å²) in [5, 5.41) is 0.566. The molecule has 7 heteroatoms. The van der Waals surface area contributed by atoms with Gasteiger partial charge >= 0.3 is 0 Å². The Balaban J connectivity index is 0.00000280. The van der Waals surface area contributed by atoms with E-state index in [2.05, 4.69) is 4.98 Å². The molecule has 0 spiro atoms. The van der Waals surface area contributed by atoms with E-state index in [9.17, 15) is 9.59 Å². The van der Waals surface area contributed by atoms with Crippen molar-refractivity contribution in [3.05, 3.63) is 76.8 Å². The quantitative estimate of drug-likeness (QED) is 0.630. The van der Waals surface area contributed by atoms with E-state index in [-0.39, 0.29) is 30.3 Å². The number of fused-ring (bicyclic) bond motifs is 1. The molecule has 1 heterocycles. The highest BCUT2D eigenvalue weighted by Gasteiger charge is 2.14. The summed E-state index contributed by atoms with van der Waals surface area (Å²) < 4.78 is 1.50. The second-order valence-electron chi connectivity index (χ2n) is 6.45. The zero-order valence-electron chi connectivity index (χ0n) is 15.7. The molecular formula is C21H25ClN4O2. The van der Waals surface area contributed by atoms with Crippen LogP contribution in [-0.4, -0.2) is 33.4 Å². The van der Waals surface area contributed by atoms with Crippen molar-refractivity contribution in [2.75, 3.05) is 13.1 Å². The average molecular weight is 401 g/mol. The highest BCUT2D eigenvalue weighted by molar-refractivity contribution is 5.85. The summed E-state index contributed by atoms with van der Waals surface area (Å²) in [7, 11) is 0. The first-order chi connectivity index (χ1) is 13.2. The second kappa shape index (κ2) is 10.6. The lowest BCUT2D eigenvalue weighted by Crippen LogP contribution is -2.34. The van der Waals surface area contributed by atoms with Crippen LogP contribution in [0.1, 0.15) is 18.4 Å². The molecule has 2 aromatic carbocycles. The number of benzene rings is 2. The van der Waals surface area contributed by atoms with Crippen LogP contribution in [0.15, 0.2) is 65.7 Å². The molecule has 3 rings (SSSR count). The van der Waals surface area contributed by atoms with Gasteiger partial charge in [0.25, 0.3) is 5.56 Å². The number of rotatable bonds is 8. The minimum absolute atomic E-state index is 0. The number of nitrogens with two attached hydrogens (primary N) is 1. The van der Waals surface area contributed by atoms with Crippen LogP contribution in [0.2, 0.25) is 0 Å². The number of nitrogens with zero attached hydrogens (tertiary/aromatic N) is 3. The molecule has 0 aliphatic heterocycles. The molecule has 3 aromatic rings. The number of amides is 1. The van der Waals surface area contributed by atoms with Gasteiger partial charge in [-0.15, -0.1) is 12.4 Å². The first-order valence-corrected chi connectivity index (χ1v) is 9.15. The molecule has 0 aliphatic carbocycles. The van der Waals surface area contributed by atoms with Gasteiger partial charge < -0.3 is 10.6 Å². The Hall–Kier alpha value is -2.70. The van der Waals surface area contributed by atoms with E-state index >= 15 is 0 Å². The van der Waals surface area contributed by atoms with E-state index in [1.54, 1.807) is 12.1 Å². The van der Waals surface area contributed by atoms with Crippen LogP contribution in [0.5, 0.6) is 0 Å². The van der Waals surface area contributed by atoms with Crippen LogP contribution >= 0.6 is 12.4 Å². The molecule has 0 unspecified atom stereocenters. The van der Waals surface area contributed by atoms with E-state index in [4.69, 9.17) is 5.73 Å². The van der Waals surface area contributed by atoms with Gasteiger partial charge in [-0.2, -0.15) is 0 Å². The predicted molar refractivity (Wildman–Crippen MR) is 113 cm³/mol. The van der Waals surface area contributed by atoms with Crippen molar-refractivity contribution < 1.29 is 4.79 Å². The fraction of sp³-hybridized carbons (Fsp3) is 0.286. The van der Waals surface area contributed by atoms with Crippen LogP contribution in [0.25, 0.3) is 10.9 Å². The van der Waals surface area contributed by atoms with Crippen molar-refractivity contribution in [3.8, 4) is 0 Å². The fourth-order valence-electron chi connectivity index (χ4n) is 3.02. The molecule has 0 atom stereocenters. The number of carbonyl (C=O) groups excluding carboxylic acids is 1. The molecule has 6 nitrogen and oxygen atoms in total. The molecule has 0 aliphatic rings. The van der Waals surface area contributed by atoms with Crippen LogP contribution in [0.4, 0.5) is 0 Å². The second-order valence-corrected chi connectivity index (χ2v) is 6.45. The Bertz CT molecular complexity index is 959. The molecular weight excluding hydrogens is 376 g/mol. The summed E-state index contributed by atoms with van der Waals surface area (Å²) in [6.45, 7) is 2.00. The lowest BCUT2D eigenvalue weighted by Gasteiger charge is -2.23. The smallest absolute Gasteiger partial charge is 0.261 e. The summed E-state index contributed by atoms with van der Waals surface area (Å²) >= 11 is 0. The van der Waals surface area contributed by atoms with Crippen LogP contribution < -0.4 is 11.3 Å². The molecule has 28 heavy (non-hydrogen) atoms. The van der Waals surface area contributed by atoms with E-state index < -0.39 is 0 Å². The van der Waals surface area contributed by atoms with Crippen LogP contribution in [0, 0.1) is 0 Å². The lowest BCUT2D eigenvalue weighted by atomic mass is 10.2. The largest absolute Gasteiger partial charge is 0.338 e. The van der Waals surface area contributed by atoms with Gasteiger partial charge in [-0.3, -0.25) is 14.2 Å². The van der Waals surface area contributed by atoms with Gasteiger partial charge in [0.1, 0.15) is 0 Å². The number of aryl methyl sites for hydroxylation is 1. The summed E-state index contributed by atoms with van der Waals surface area (Å²) in [4.78, 5) is 31.4. The minimum Gasteiger partial charge on any atom is -0.338 e. The van der Waals surface area contributed by atoms with Gasteiger partial charge in [0, 0.05) is 26.1 Å². The Kier molecular flexibility index (Phi) is 8.17.